The van der Waals surface area contributed by atoms with Crippen molar-refractivity contribution in [2.45, 2.75) is 6.10 Å². The van der Waals surface area contributed by atoms with Crippen molar-refractivity contribution in [1.82, 2.24) is 14.3 Å². The molecule has 1 atom stereocenters. The Kier molecular flexibility index (Phi) is 4.26. The number of benzene rings is 2. The standard InChI is InChI=1S/C21H19N3O3S/c1-26-17-5-4-14-10-16(3-2-15(14)11-17)19-13-23(6-8-27-19)20(25)18-12-24-7-9-28-21(24)22-18/h2-5,7,9-12,19H,6,8,13H2,1H3. The Bertz CT molecular complexity index is 1140. The third kappa shape index (κ3) is 3.02. The molecule has 7 heteroatoms. The lowest BCUT2D eigenvalue weighted by Crippen LogP contribution is -2.42. The topological polar surface area (TPSA) is 56.1 Å². The first-order chi connectivity index (χ1) is 13.7. The Hall–Kier alpha value is -2.90. The summed E-state index contributed by atoms with van der Waals surface area (Å²) in [5, 5.41) is 4.20. The molecule has 28 heavy (non-hydrogen) atoms. The minimum Gasteiger partial charge on any atom is -0.497 e. The van der Waals surface area contributed by atoms with Crippen LogP contribution in [0.2, 0.25) is 0 Å². The minimum atomic E-state index is -0.145. The number of rotatable bonds is 3. The fourth-order valence-electron chi connectivity index (χ4n) is 3.60. The quantitative estimate of drug-likeness (QED) is 0.532. The molecule has 2 aromatic heterocycles. The van der Waals surface area contributed by atoms with E-state index in [2.05, 4.69) is 23.2 Å². The van der Waals surface area contributed by atoms with E-state index in [0.29, 0.717) is 25.4 Å². The van der Waals surface area contributed by atoms with Gasteiger partial charge < -0.3 is 14.4 Å². The molecular formula is C21H19N3O3S. The van der Waals surface area contributed by atoms with Crippen molar-refractivity contribution in [2.75, 3.05) is 26.8 Å². The summed E-state index contributed by atoms with van der Waals surface area (Å²) in [4.78, 5) is 20.0. The molecule has 142 valence electrons. The third-order valence-corrected chi connectivity index (χ3v) is 5.88. The van der Waals surface area contributed by atoms with Crippen molar-refractivity contribution in [2.24, 2.45) is 0 Å². The number of amides is 1. The zero-order valence-electron chi connectivity index (χ0n) is 15.4. The van der Waals surface area contributed by atoms with E-state index < -0.39 is 0 Å². The maximum absolute atomic E-state index is 12.9. The molecule has 1 unspecified atom stereocenters. The van der Waals surface area contributed by atoms with Gasteiger partial charge in [0.25, 0.3) is 5.91 Å². The average molecular weight is 393 g/mol. The number of nitrogens with zero attached hydrogens (tertiary/aromatic N) is 3. The van der Waals surface area contributed by atoms with Crippen LogP contribution in [0.1, 0.15) is 22.2 Å². The monoisotopic (exact) mass is 393 g/mol. The first-order valence-corrected chi connectivity index (χ1v) is 10.00. The van der Waals surface area contributed by atoms with Crippen LogP contribution >= 0.6 is 11.3 Å². The number of thiazole rings is 1. The van der Waals surface area contributed by atoms with Crippen LogP contribution in [0, 0.1) is 0 Å². The minimum absolute atomic E-state index is 0.0466. The van der Waals surface area contributed by atoms with Crippen molar-refractivity contribution in [3.05, 3.63) is 65.4 Å². The van der Waals surface area contributed by atoms with E-state index in [9.17, 15) is 4.79 Å². The number of hydrogen-bond donors (Lipinski definition) is 0. The van der Waals surface area contributed by atoms with Crippen molar-refractivity contribution < 1.29 is 14.3 Å². The largest absolute Gasteiger partial charge is 0.497 e. The Morgan fingerprint density at radius 1 is 1.25 bits per heavy atom. The van der Waals surface area contributed by atoms with Gasteiger partial charge in [0.2, 0.25) is 0 Å². The molecule has 1 aliphatic rings. The van der Waals surface area contributed by atoms with Gasteiger partial charge in [-0.3, -0.25) is 9.20 Å². The number of aromatic nitrogens is 2. The van der Waals surface area contributed by atoms with E-state index in [1.807, 2.05) is 39.1 Å². The normalized spacial score (nSPS) is 17.3. The number of hydrogen-bond acceptors (Lipinski definition) is 5. The summed E-state index contributed by atoms with van der Waals surface area (Å²) >= 11 is 1.52. The molecule has 1 aliphatic heterocycles. The third-order valence-electron chi connectivity index (χ3n) is 5.11. The molecule has 0 bridgehead atoms. The number of carbonyl (C=O) groups excluding carboxylic acids is 1. The van der Waals surface area contributed by atoms with Crippen molar-refractivity contribution in [3.8, 4) is 5.75 Å². The molecule has 0 spiro atoms. The van der Waals surface area contributed by atoms with Gasteiger partial charge in [-0.2, -0.15) is 0 Å². The summed E-state index contributed by atoms with van der Waals surface area (Å²) in [7, 11) is 1.67. The fourth-order valence-corrected chi connectivity index (χ4v) is 4.30. The number of ether oxygens (including phenoxy) is 2. The average Bonchev–Trinajstić information content (AvgIpc) is 3.35. The van der Waals surface area contributed by atoms with E-state index in [-0.39, 0.29) is 12.0 Å². The summed E-state index contributed by atoms with van der Waals surface area (Å²) < 4.78 is 13.1. The number of imidazole rings is 1. The second-order valence-corrected chi connectivity index (χ2v) is 7.68. The molecule has 6 nitrogen and oxygen atoms in total. The van der Waals surface area contributed by atoms with Gasteiger partial charge in [-0.1, -0.05) is 18.2 Å². The number of fused-ring (bicyclic) bond motifs is 2. The van der Waals surface area contributed by atoms with E-state index in [1.54, 1.807) is 13.3 Å². The van der Waals surface area contributed by atoms with Gasteiger partial charge in [0.15, 0.2) is 4.96 Å². The Labute approximate surface area is 165 Å². The van der Waals surface area contributed by atoms with E-state index in [1.165, 1.54) is 11.3 Å². The van der Waals surface area contributed by atoms with Gasteiger partial charge in [-0.15, -0.1) is 11.3 Å². The van der Waals surface area contributed by atoms with E-state index in [0.717, 1.165) is 27.0 Å². The SMILES string of the molecule is COc1ccc2cc(C3CN(C(=O)c4cn5ccsc5n4)CCO3)ccc2c1. The molecule has 0 saturated carbocycles. The second kappa shape index (κ2) is 6.92. The van der Waals surface area contributed by atoms with Gasteiger partial charge in [0.05, 0.1) is 20.3 Å². The summed E-state index contributed by atoms with van der Waals surface area (Å²) in [6.07, 6.45) is 3.56. The molecule has 4 aromatic rings. The van der Waals surface area contributed by atoms with Gasteiger partial charge in [-0.25, -0.2) is 4.98 Å². The van der Waals surface area contributed by atoms with Crippen molar-refractivity contribution in [1.29, 1.82) is 0 Å². The number of carbonyl (C=O) groups is 1. The summed E-state index contributed by atoms with van der Waals surface area (Å²) in [5.41, 5.74) is 1.55. The number of methoxy groups -OCH3 is 1. The van der Waals surface area contributed by atoms with Gasteiger partial charge in [-0.05, 0) is 34.5 Å². The molecule has 1 saturated heterocycles. The molecule has 5 rings (SSSR count). The Morgan fingerprint density at radius 2 is 2.11 bits per heavy atom. The van der Waals surface area contributed by atoms with Crippen LogP contribution in [0.15, 0.2) is 54.2 Å². The number of morpholine rings is 1. The molecule has 1 amide bonds. The molecule has 0 N–H and O–H groups in total. The molecular weight excluding hydrogens is 374 g/mol. The highest BCUT2D eigenvalue weighted by Gasteiger charge is 2.27. The van der Waals surface area contributed by atoms with Crippen LogP contribution in [-0.4, -0.2) is 47.0 Å². The van der Waals surface area contributed by atoms with Crippen LogP contribution < -0.4 is 4.74 Å². The summed E-state index contributed by atoms with van der Waals surface area (Å²) in [6.45, 7) is 1.61. The molecule has 0 radical (unpaired) electrons. The summed E-state index contributed by atoms with van der Waals surface area (Å²) in [6, 6.07) is 12.3. The van der Waals surface area contributed by atoms with Crippen LogP contribution in [0.4, 0.5) is 0 Å². The molecule has 3 heterocycles. The van der Waals surface area contributed by atoms with Crippen LogP contribution in [0.25, 0.3) is 15.7 Å². The Balaban J connectivity index is 1.38. The zero-order valence-corrected chi connectivity index (χ0v) is 16.2. The fraction of sp³-hybridized carbons (Fsp3) is 0.238. The van der Waals surface area contributed by atoms with Crippen molar-refractivity contribution >= 4 is 33.0 Å². The first kappa shape index (κ1) is 17.2. The van der Waals surface area contributed by atoms with Gasteiger partial charge >= 0.3 is 0 Å². The molecule has 1 fully saturated rings. The zero-order chi connectivity index (χ0) is 19.1. The molecule has 2 aromatic carbocycles. The maximum Gasteiger partial charge on any atom is 0.274 e. The van der Waals surface area contributed by atoms with Gasteiger partial charge in [0.1, 0.15) is 17.5 Å². The van der Waals surface area contributed by atoms with Crippen LogP contribution in [-0.2, 0) is 4.74 Å². The predicted octanol–water partition coefficient (Wildman–Crippen LogP) is 3.77. The van der Waals surface area contributed by atoms with Crippen LogP contribution in [0.3, 0.4) is 0 Å². The smallest absolute Gasteiger partial charge is 0.274 e. The highest BCUT2D eigenvalue weighted by molar-refractivity contribution is 7.15. The molecule has 0 aliphatic carbocycles. The lowest BCUT2D eigenvalue weighted by Gasteiger charge is -2.33. The van der Waals surface area contributed by atoms with E-state index in [4.69, 9.17) is 9.47 Å². The van der Waals surface area contributed by atoms with Gasteiger partial charge in [0, 0.05) is 24.3 Å². The van der Waals surface area contributed by atoms with Crippen LogP contribution in [0.5, 0.6) is 5.75 Å². The predicted molar refractivity (Wildman–Crippen MR) is 108 cm³/mol. The first-order valence-electron chi connectivity index (χ1n) is 9.12. The lowest BCUT2D eigenvalue weighted by molar-refractivity contribution is -0.0229. The van der Waals surface area contributed by atoms with E-state index >= 15 is 0 Å². The second-order valence-electron chi connectivity index (χ2n) is 6.80. The summed E-state index contributed by atoms with van der Waals surface area (Å²) in [5.74, 6) is 0.792. The Morgan fingerprint density at radius 3 is 2.96 bits per heavy atom. The van der Waals surface area contributed by atoms with Crippen molar-refractivity contribution in [3.63, 3.8) is 0 Å². The highest BCUT2D eigenvalue weighted by atomic mass is 32.1. The highest BCUT2D eigenvalue weighted by Crippen LogP contribution is 2.28. The maximum atomic E-state index is 12.9. The lowest BCUT2D eigenvalue weighted by atomic mass is 10.0.